The van der Waals surface area contributed by atoms with Gasteiger partial charge in [0.05, 0.1) is 6.20 Å². The molecule has 1 aliphatic heterocycles. The van der Waals surface area contributed by atoms with Gasteiger partial charge in [-0.3, -0.25) is 4.55 Å². The van der Waals surface area contributed by atoms with Crippen molar-refractivity contribution in [3.63, 3.8) is 0 Å². The fourth-order valence-electron chi connectivity index (χ4n) is 0.970. The van der Waals surface area contributed by atoms with Crippen LogP contribution in [0.5, 0.6) is 5.75 Å². The van der Waals surface area contributed by atoms with Crippen molar-refractivity contribution in [1.82, 2.24) is 10.3 Å². The predicted molar refractivity (Wildman–Crippen MR) is 66.8 cm³/mol. The molecule has 11 heteroatoms. The molecule has 20 heavy (non-hydrogen) atoms. The molecule has 2 heterocycles. The summed E-state index contributed by atoms with van der Waals surface area (Å²) in [5.41, 5.74) is -5.53. The van der Waals surface area contributed by atoms with Gasteiger partial charge in [-0.1, -0.05) is 0 Å². The first kappa shape index (κ1) is 17.1. The molecule has 0 saturated carbocycles. The van der Waals surface area contributed by atoms with Crippen LogP contribution in [-0.4, -0.2) is 42.7 Å². The summed E-state index contributed by atoms with van der Waals surface area (Å²) in [6.45, 7) is 1.88. The Morgan fingerprint density at radius 3 is 2.25 bits per heavy atom. The molecule has 2 N–H and O–H groups in total. The van der Waals surface area contributed by atoms with Crippen molar-refractivity contribution >= 4 is 26.0 Å². The Balaban J connectivity index is 0.000000221. The van der Waals surface area contributed by atoms with Crippen LogP contribution in [0.25, 0.3) is 0 Å². The van der Waals surface area contributed by atoms with Crippen molar-refractivity contribution in [2.24, 2.45) is 0 Å². The van der Waals surface area contributed by atoms with E-state index in [1.54, 1.807) is 6.20 Å². The van der Waals surface area contributed by atoms with E-state index < -0.39 is 15.6 Å². The minimum absolute atomic E-state index is 0.327. The van der Waals surface area contributed by atoms with Crippen LogP contribution >= 0.6 is 15.9 Å². The second-order valence-electron chi connectivity index (χ2n) is 3.64. The van der Waals surface area contributed by atoms with Gasteiger partial charge in [0.15, 0.2) is 0 Å². The first-order valence-electron chi connectivity index (χ1n) is 5.12. The monoisotopic (exact) mass is 378 g/mol. The Kier molecular flexibility index (Phi) is 5.74. The lowest BCUT2D eigenvalue weighted by molar-refractivity contribution is -0.0510. The smallest absolute Gasteiger partial charge is 0.486 e. The zero-order valence-corrected chi connectivity index (χ0v) is 12.2. The number of alkyl halides is 3. The number of halogens is 4. The molecule has 1 saturated heterocycles. The normalized spacial score (nSPS) is 15.8. The van der Waals surface area contributed by atoms with E-state index in [4.69, 9.17) is 17.7 Å². The molecule has 0 aromatic carbocycles. The molecule has 1 aromatic heterocycles. The van der Waals surface area contributed by atoms with Crippen LogP contribution in [0.3, 0.4) is 0 Å². The predicted octanol–water partition coefficient (Wildman–Crippen LogP) is 1.59. The topological polar surface area (TPSA) is 88.5 Å². The van der Waals surface area contributed by atoms with Crippen LogP contribution in [0.15, 0.2) is 22.9 Å². The molecule has 0 aliphatic carbocycles. The zero-order chi connectivity index (χ0) is 15.4. The van der Waals surface area contributed by atoms with Gasteiger partial charge >= 0.3 is 15.6 Å². The van der Waals surface area contributed by atoms with E-state index in [0.717, 1.165) is 23.4 Å². The number of nitrogens with zero attached hydrogens (tertiary/aromatic N) is 1. The van der Waals surface area contributed by atoms with Crippen LogP contribution in [0.1, 0.15) is 0 Å². The minimum atomic E-state index is -5.84. The van der Waals surface area contributed by atoms with E-state index in [0.29, 0.717) is 6.10 Å². The van der Waals surface area contributed by atoms with Crippen LogP contribution in [0.4, 0.5) is 13.2 Å². The Hall–Kier alpha value is -0.910. The Morgan fingerprint density at radius 1 is 1.40 bits per heavy atom. The van der Waals surface area contributed by atoms with Crippen LogP contribution in [-0.2, 0) is 10.1 Å². The maximum atomic E-state index is 10.7. The SMILES string of the molecule is Brc1ccc(OC2CNC2)cn1.O=S(=O)(O)C(F)(F)F. The molecule has 6 nitrogen and oxygen atoms in total. The Morgan fingerprint density at radius 2 is 1.95 bits per heavy atom. The molecule has 1 aromatic rings. The summed E-state index contributed by atoms with van der Waals surface area (Å²) in [6.07, 6.45) is 2.05. The Labute approximate surface area is 121 Å². The van der Waals surface area contributed by atoms with Gasteiger partial charge < -0.3 is 10.1 Å². The molecule has 0 radical (unpaired) electrons. The molecular formula is C9H10BrF3N2O4S. The average Bonchev–Trinajstić information content (AvgIpc) is 2.24. The van der Waals surface area contributed by atoms with E-state index >= 15 is 0 Å². The van der Waals surface area contributed by atoms with Gasteiger partial charge in [-0.2, -0.15) is 21.6 Å². The summed E-state index contributed by atoms with van der Waals surface area (Å²) < 4.78 is 63.9. The van der Waals surface area contributed by atoms with Gasteiger partial charge in [-0.05, 0) is 28.1 Å². The van der Waals surface area contributed by atoms with Gasteiger partial charge in [-0.25, -0.2) is 4.98 Å². The van der Waals surface area contributed by atoms with E-state index in [-0.39, 0.29) is 0 Å². The lowest BCUT2D eigenvalue weighted by atomic mass is 10.2. The summed E-state index contributed by atoms with van der Waals surface area (Å²) in [4.78, 5) is 4.06. The number of hydrogen-bond acceptors (Lipinski definition) is 5. The maximum Gasteiger partial charge on any atom is 0.522 e. The maximum absolute atomic E-state index is 10.7. The van der Waals surface area contributed by atoms with Gasteiger partial charge in [0.1, 0.15) is 16.5 Å². The van der Waals surface area contributed by atoms with Crippen molar-refractivity contribution in [2.45, 2.75) is 11.6 Å². The number of hydrogen-bond donors (Lipinski definition) is 2. The van der Waals surface area contributed by atoms with E-state index in [2.05, 4.69) is 26.2 Å². The third-order valence-corrected chi connectivity index (χ3v) is 3.09. The van der Waals surface area contributed by atoms with Gasteiger partial charge in [0.2, 0.25) is 0 Å². The average molecular weight is 379 g/mol. The number of rotatable bonds is 2. The van der Waals surface area contributed by atoms with Crippen LogP contribution in [0.2, 0.25) is 0 Å². The first-order chi connectivity index (χ1) is 9.09. The molecule has 0 atom stereocenters. The molecule has 2 rings (SSSR count). The summed E-state index contributed by atoms with van der Waals surface area (Å²) in [7, 11) is -5.84. The molecule has 1 aliphatic rings. The van der Waals surface area contributed by atoms with Gasteiger partial charge in [0.25, 0.3) is 0 Å². The molecule has 114 valence electrons. The third kappa shape index (κ3) is 5.61. The van der Waals surface area contributed by atoms with E-state index in [9.17, 15) is 13.2 Å². The fraction of sp³-hybridized carbons (Fsp3) is 0.444. The van der Waals surface area contributed by atoms with Crippen molar-refractivity contribution in [3.05, 3.63) is 22.9 Å². The molecule has 1 fully saturated rings. The summed E-state index contributed by atoms with van der Waals surface area (Å²) in [6, 6.07) is 3.79. The first-order valence-corrected chi connectivity index (χ1v) is 7.35. The van der Waals surface area contributed by atoms with E-state index in [1.807, 2.05) is 12.1 Å². The largest absolute Gasteiger partial charge is 0.522 e. The van der Waals surface area contributed by atoms with Crippen molar-refractivity contribution < 1.29 is 30.9 Å². The summed E-state index contributed by atoms with van der Waals surface area (Å²) in [5, 5.41) is 3.14. The van der Waals surface area contributed by atoms with Crippen molar-refractivity contribution in [2.75, 3.05) is 13.1 Å². The molecular weight excluding hydrogens is 369 g/mol. The lowest BCUT2D eigenvalue weighted by Crippen LogP contribution is -2.50. The van der Waals surface area contributed by atoms with Gasteiger partial charge in [-0.15, -0.1) is 0 Å². The standard InChI is InChI=1S/C8H9BrN2O.CHF3O3S/c9-8-2-1-6(5-11-8)12-7-3-10-4-7;2-1(3,4)8(5,6)7/h1-2,5,7,10H,3-4H2;(H,5,6,7). The molecule has 0 amide bonds. The fourth-order valence-corrected chi connectivity index (χ4v) is 1.20. The lowest BCUT2D eigenvalue weighted by Gasteiger charge is -2.27. The highest BCUT2D eigenvalue weighted by atomic mass is 79.9. The summed E-state index contributed by atoms with van der Waals surface area (Å²) in [5.74, 6) is 0.838. The van der Waals surface area contributed by atoms with Gasteiger partial charge in [0, 0.05) is 13.1 Å². The second-order valence-corrected chi connectivity index (χ2v) is 5.86. The van der Waals surface area contributed by atoms with Crippen molar-refractivity contribution in [1.29, 1.82) is 0 Å². The van der Waals surface area contributed by atoms with Crippen molar-refractivity contribution in [3.8, 4) is 5.75 Å². The number of nitrogens with one attached hydrogen (secondary N) is 1. The van der Waals surface area contributed by atoms with Crippen LogP contribution < -0.4 is 10.1 Å². The molecule has 0 bridgehead atoms. The second kappa shape index (κ2) is 6.70. The summed E-state index contributed by atoms with van der Waals surface area (Å²) >= 11 is 3.26. The highest BCUT2D eigenvalue weighted by Gasteiger charge is 2.44. The van der Waals surface area contributed by atoms with E-state index in [1.165, 1.54) is 0 Å². The number of aromatic nitrogens is 1. The third-order valence-electron chi connectivity index (χ3n) is 2.04. The molecule has 0 spiro atoms. The molecule has 0 unspecified atom stereocenters. The number of ether oxygens (including phenoxy) is 1. The number of pyridine rings is 1. The Bertz CT molecular complexity index is 531. The van der Waals surface area contributed by atoms with Crippen LogP contribution in [0, 0.1) is 0 Å². The highest BCUT2D eigenvalue weighted by Crippen LogP contribution is 2.20. The zero-order valence-electron chi connectivity index (χ0n) is 9.76. The highest BCUT2D eigenvalue weighted by molar-refractivity contribution is 9.10. The minimum Gasteiger partial charge on any atom is -0.486 e. The quantitative estimate of drug-likeness (QED) is 0.461.